The van der Waals surface area contributed by atoms with Crippen molar-refractivity contribution in [3.8, 4) is 0 Å². The number of hydrogen-bond acceptors (Lipinski definition) is 2. The van der Waals surface area contributed by atoms with Gasteiger partial charge in [-0.15, -0.1) is 11.4 Å². The molecule has 0 radical (unpaired) electrons. The normalized spacial score (nSPS) is 36.7. The van der Waals surface area contributed by atoms with E-state index in [0.717, 1.165) is 4.61 Å². The van der Waals surface area contributed by atoms with Crippen molar-refractivity contribution in [2.75, 3.05) is 0 Å². The van der Waals surface area contributed by atoms with Crippen molar-refractivity contribution in [2.24, 2.45) is 0 Å². The quantitative estimate of drug-likeness (QED) is 0.412. The van der Waals surface area contributed by atoms with Gasteiger partial charge >= 0.3 is 0 Å². The molecule has 5 heteroatoms. The molecule has 1 heterocycles. The van der Waals surface area contributed by atoms with Crippen molar-refractivity contribution in [2.45, 2.75) is 43.9 Å². The molecule has 0 spiro atoms. The van der Waals surface area contributed by atoms with E-state index < -0.39 is 20.6 Å². The van der Waals surface area contributed by atoms with E-state index in [9.17, 15) is 0 Å². The van der Waals surface area contributed by atoms with Crippen LogP contribution in [0.4, 0.5) is 0 Å². The summed E-state index contributed by atoms with van der Waals surface area (Å²) in [6.45, 7) is 14.8. The third-order valence-electron chi connectivity index (χ3n) is 2.20. The molecule has 1 aliphatic rings. The molecular weight excluding hydrogens is 235 g/mol. The molecule has 0 aliphatic carbocycles. The maximum atomic E-state index is 5.87. The van der Waals surface area contributed by atoms with Crippen LogP contribution in [0.3, 0.4) is 0 Å². The van der Waals surface area contributed by atoms with E-state index in [2.05, 4.69) is 50.7 Å². The highest BCUT2D eigenvalue weighted by atomic mass is 33.0. The zero-order chi connectivity index (χ0) is 9.78. The Bertz CT molecular complexity index is 239. The Morgan fingerprint density at radius 2 is 1.50 bits per heavy atom. The summed E-state index contributed by atoms with van der Waals surface area (Å²) in [6.07, 6.45) is 0. The first kappa shape index (κ1) is 11.5. The Labute approximate surface area is 87.5 Å². The van der Waals surface area contributed by atoms with Gasteiger partial charge in [-0.2, -0.15) is 0 Å². The van der Waals surface area contributed by atoms with Gasteiger partial charge in [0.25, 0.3) is 0 Å². The summed E-state index contributed by atoms with van der Waals surface area (Å²) >= 11 is 8.08. The van der Waals surface area contributed by atoms with E-state index >= 15 is 0 Å². The Balaban J connectivity index is 2.81. The molecule has 0 aromatic carbocycles. The molecule has 72 valence electrons. The minimum Gasteiger partial charge on any atom is -0.121 e. The lowest BCUT2D eigenvalue weighted by Crippen LogP contribution is -2.29. The Morgan fingerprint density at radius 3 is 1.58 bits per heavy atom. The highest BCUT2D eigenvalue weighted by molar-refractivity contribution is 8.94. The van der Waals surface area contributed by atoms with Crippen LogP contribution in [0.5, 0.6) is 0 Å². The lowest BCUT2D eigenvalue weighted by Gasteiger charge is -2.22. The van der Waals surface area contributed by atoms with Crippen LogP contribution in [0.25, 0.3) is 0 Å². The van der Waals surface area contributed by atoms with Gasteiger partial charge in [-0.3, -0.25) is 0 Å². The zero-order valence-electron chi connectivity index (χ0n) is 8.84. The molecule has 1 saturated heterocycles. The van der Waals surface area contributed by atoms with Gasteiger partial charge in [0.05, 0.1) is 15.8 Å². The molecule has 1 fully saturated rings. The van der Waals surface area contributed by atoms with E-state index in [1.54, 1.807) is 0 Å². The van der Waals surface area contributed by atoms with Gasteiger partial charge in [-0.25, -0.2) is 0 Å². The summed E-state index contributed by atoms with van der Waals surface area (Å²) < 4.78 is 0.965. The predicted octanol–water partition coefficient (Wildman–Crippen LogP) is 4.17. The lowest BCUT2D eigenvalue weighted by atomic mass is 11.7. The van der Waals surface area contributed by atoms with Crippen molar-refractivity contribution in [3.05, 3.63) is 0 Å². The monoisotopic (exact) mass is 254 g/mol. The molecule has 1 aliphatic heterocycles. The maximum absolute atomic E-state index is 5.87. The number of hydrogen-bond donors (Lipinski definition) is 0. The largest absolute Gasteiger partial charge is 0.121 e. The SMILES string of the molecule is C[Si](C)(C)[C@H]1S[P@]1(=S)[Si](C)(C)C. The molecule has 0 unspecified atom stereocenters. The highest BCUT2D eigenvalue weighted by Gasteiger charge is 2.59. The molecule has 0 bridgehead atoms. The van der Waals surface area contributed by atoms with Crippen LogP contribution in [0.2, 0.25) is 39.3 Å². The summed E-state index contributed by atoms with van der Waals surface area (Å²) in [5.41, 5.74) is 0. The van der Waals surface area contributed by atoms with Gasteiger partial charge < -0.3 is 0 Å². The fraction of sp³-hybridized carbons (Fsp3) is 1.00. The van der Waals surface area contributed by atoms with E-state index in [4.69, 9.17) is 11.8 Å². The molecule has 1 rings (SSSR count). The van der Waals surface area contributed by atoms with E-state index in [1.165, 1.54) is 0 Å². The smallest absolute Gasteiger partial charge is 0.0973 e. The fourth-order valence-corrected chi connectivity index (χ4v) is 40.0. The van der Waals surface area contributed by atoms with Crippen LogP contribution in [0.15, 0.2) is 0 Å². The van der Waals surface area contributed by atoms with Crippen LogP contribution in [-0.2, 0) is 11.8 Å². The van der Waals surface area contributed by atoms with Gasteiger partial charge in [-0.1, -0.05) is 51.1 Å². The third-order valence-corrected chi connectivity index (χ3v) is 37.1. The van der Waals surface area contributed by atoms with Crippen molar-refractivity contribution in [3.63, 3.8) is 0 Å². The maximum Gasteiger partial charge on any atom is 0.0973 e. The first-order valence-electron chi connectivity index (χ1n) is 4.37. The summed E-state index contributed by atoms with van der Waals surface area (Å²) in [7, 11) is -1.92. The van der Waals surface area contributed by atoms with E-state index in [0.29, 0.717) is 0 Å². The van der Waals surface area contributed by atoms with Crippen LogP contribution >= 0.6 is 16.2 Å². The fourth-order valence-electron chi connectivity index (χ4n) is 1.30. The predicted molar refractivity (Wildman–Crippen MR) is 72.4 cm³/mol. The summed E-state index contributed by atoms with van der Waals surface area (Å²) in [5.74, 6) is 0. The van der Waals surface area contributed by atoms with Gasteiger partial charge in [0, 0.05) is 9.40 Å². The molecule has 12 heavy (non-hydrogen) atoms. The molecular formula is C7H19PS2Si2. The van der Waals surface area contributed by atoms with Crippen LogP contribution in [0.1, 0.15) is 0 Å². The van der Waals surface area contributed by atoms with Crippen molar-refractivity contribution in [1.82, 2.24) is 0 Å². The minimum atomic E-state index is -0.997. The van der Waals surface area contributed by atoms with E-state index in [1.807, 2.05) is 0 Å². The van der Waals surface area contributed by atoms with Crippen LogP contribution in [-0.4, -0.2) is 20.4 Å². The average molecular weight is 255 g/mol. The van der Waals surface area contributed by atoms with Gasteiger partial charge in [0.1, 0.15) is 0 Å². The van der Waals surface area contributed by atoms with Crippen LogP contribution in [0, 0.1) is 0 Å². The topological polar surface area (TPSA) is 0 Å². The van der Waals surface area contributed by atoms with E-state index in [-0.39, 0.29) is 0 Å². The van der Waals surface area contributed by atoms with Crippen molar-refractivity contribution >= 4 is 43.8 Å². The molecule has 2 atom stereocenters. The molecule has 0 aromatic rings. The Hall–Kier alpha value is 1.43. The number of rotatable bonds is 2. The summed E-state index contributed by atoms with van der Waals surface area (Å²) in [5, 5.41) is 0. The average Bonchev–Trinajstić information content (AvgIpc) is 2.38. The minimum absolute atomic E-state index is 0.881. The third kappa shape index (κ3) is 1.92. The molecule has 0 N–H and O–H groups in total. The zero-order valence-corrected chi connectivity index (χ0v) is 13.4. The second-order valence-corrected chi connectivity index (χ2v) is 31.8. The van der Waals surface area contributed by atoms with Crippen LogP contribution < -0.4 is 0 Å². The Morgan fingerprint density at radius 1 is 1.08 bits per heavy atom. The molecule has 0 amide bonds. The summed E-state index contributed by atoms with van der Waals surface area (Å²) in [4.78, 5) is -0.881. The molecule has 0 nitrogen and oxygen atoms in total. The second-order valence-electron chi connectivity index (χ2n) is 5.59. The molecule has 0 aromatic heterocycles. The first-order chi connectivity index (χ1) is 5.09. The van der Waals surface area contributed by atoms with Gasteiger partial charge in [0.2, 0.25) is 0 Å². The van der Waals surface area contributed by atoms with Gasteiger partial charge in [-0.05, 0) is 0 Å². The second kappa shape index (κ2) is 2.96. The van der Waals surface area contributed by atoms with Crippen molar-refractivity contribution < 1.29 is 0 Å². The first-order valence-corrected chi connectivity index (χ1v) is 16.6. The molecule has 0 saturated carbocycles. The highest BCUT2D eigenvalue weighted by Crippen LogP contribution is 2.90. The van der Waals surface area contributed by atoms with Crippen molar-refractivity contribution in [1.29, 1.82) is 0 Å². The van der Waals surface area contributed by atoms with Gasteiger partial charge in [0.15, 0.2) is 0 Å². The summed E-state index contributed by atoms with van der Waals surface area (Å²) in [6, 6.07) is 0. The Kier molecular flexibility index (Phi) is 2.84. The standard InChI is InChI=1S/C7H19PS2Si2/c1-11(2,3)7-8(9,10-7)12(4,5)6/h7H,1-6H3/t7-,8+/m1/s1. The lowest BCUT2D eigenvalue weighted by molar-refractivity contribution is 1.63.